The van der Waals surface area contributed by atoms with Crippen LogP contribution in [0.2, 0.25) is 0 Å². The Morgan fingerprint density at radius 1 is 1.39 bits per heavy atom. The molecule has 3 rings (SSSR count). The monoisotopic (exact) mass is 319 g/mol. The predicted molar refractivity (Wildman–Crippen MR) is 84.7 cm³/mol. The molecule has 2 atom stereocenters. The van der Waals surface area contributed by atoms with Crippen LogP contribution in [-0.2, 0) is 6.54 Å². The van der Waals surface area contributed by atoms with Gasteiger partial charge in [-0.15, -0.1) is 0 Å². The van der Waals surface area contributed by atoms with Gasteiger partial charge in [0.25, 0.3) is 0 Å². The van der Waals surface area contributed by atoms with E-state index in [-0.39, 0.29) is 17.6 Å². The van der Waals surface area contributed by atoms with Crippen molar-refractivity contribution in [2.75, 3.05) is 13.7 Å². The van der Waals surface area contributed by atoms with E-state index in [0.717, 1.165) is 19.4 Å². The van der Waals surface area contributed by atoms with Gasteiger partial charge in [0, 0.05) is 18.2 Å². The van der Waals surface area contributed by atoms with Crippen LogP contribution in [0.3, 0.4) is 0 Å². The van der Waals surface area contributed by atoms with Crippen molar-refractivity contribution in [1.29, 1.82) is 0 Å². The molecule has 1 saturated heterocycles. The fraction of sp³-hybridized carbons (Fsp3) is 0.444. The third-order valence-electron chi connectivity index (χ3n) is 4.50. The first-order valence-corrected chi connectivity index (χ1v) is 7.96. The van der Waals surface area contributed by atoms with Crippen molar-refractivity contribution in [1.82, 2.24) is 4.90 Å². The largest absolute Gasteiger partial charge is 0.494 e. The first-order chi connectivity index (χ1) is 11.2. The van der Waals surface area contributed by atoms with Crippen LogP contribution in [0.1, 0.15) is 36.7 Å². The number of ether oxygens (including phenoxy) is 1. The summed E-state index contributed by atoms with van der Waals surface area (Å²) in [6.45, 7) is 1.44. The van der Waals surface area contributed by atoms with E-state index in [0.29, 0.717) is 24.3 Å². The van der Waals surface area contributed by atoms with E-state index >= 15 is 0 Å². The molecule has 1 aliphatic heterocycles. The van der Waals surface area contributed by atoms with Crippen LogP contribution in [0.4, 0.5) is 4.39 Å². The van der Waals surface area contributed by atoms with Crippen molar-refractivity contribution in [3.63, 3.8) is 0 Å². The fourth-order valence-electron chi connectivity index (χ4n) is 3.28. The zero-order valence-electron chi connectivity index (χ0n) is 13.2. The SMILES string of the molecule is COc1cccc(CN2CCCC2CC(O)c2ccco2)c1F. The third-order valence-corrected chi connectivity index (χ3v) is 4.50. The Kier molecular flexibility index (Phi) is 4.98. The van der Waals surface area contributed by atoms with E-state index in [2.05, 4.69) is 4.90 Å². The summed E-state index contributed by atoms with van der Waals surface area (Å²) in [4.78, 5) is 2.23. The summed E-state index contributed by atoms with van der Waals surface area (Å²) in [5.74, 6) is 0.561. The molecule has 1 aliphatic rings. The summed E-state index contributed by atoms with van der Waals surface area (Å²) in [6, 6.07) is 9.00. The lowest BCUT2D eigenvalue weighted by molar-refractivity contribution is 0.0991. The lowest BCUT2D eigenvalue weighted by atomic mass is 10.0. The van der Waals surface area contributed by atoms with Gasteiger partial charge in [-0.1, -0.05) is 12.1 Å². The zero-order chi connectivity index (χ0) is 16.2. The molecule has 0 bridgehead atoms. The van der Waals surface area contributed by atoms with Crippen LogP contribution in [0.15, 0.2) is 41.0 Å². The minimum Gasteiger partial charge on any atom is -0.494 e. The number of methoxy groups -OCH3 is 1. The molecule has 1 aromatic heterocycles. The second kappa shape index (κ2) is 7.15. The van der Waals surface area contributed by atoms with E-state index < -0.39 is 6.10 Å². The number of hydrogen-bond donors (Lipinski definition) is 1. The van der Waals surface area contributed by atoms with Gasteiger partial charge in [0.1, 0.15) is 11.9 Å². The number of benzene rings is 1. The highest BCUT2D eigenvalue weighted by atomic mass is 19.1. The lowest BCUT2D eigenvalue weighted by Gasteiger charge is -2.26. The van der Waals surface area contributed by atoms with Crippen LogP contribution in [0.5, 0.6) is 5.75 Å². The number of hydrogen-bond acceptors (Lipinski definition) is 4. The predicted octanol–water partition coefficient (Wildman–Crippen LogP) is 3.52. The average molecular weight is 319 g/mol. The smallest absolute Gasteiger partial charge is 0.169 e. The number of halogens is 1. The standard InChI is InChI=1S/C18H22FNO3/c1-22-17-7-2-5-13(18(17)19)12-20-9-3-6-14(20)11-15(21)16-8-4-10-23-16/h2,4-5,7-8,10,14-15,21H,3,6,9,11-12H2,1H3. The Morgan fingerprint density at radius 3 is 3.00 bits per heavy atom. The lowest BCUT2D eigenvalue weighted by Crippen LogP contribution is -2.30. The molecule has 0 aliphatic carbocycles. The molecule has 0 amide bonds. The van der Waals surface area contributed by atoms with E-state index in [1.807, 2.05) is 0 Å². The van der Waals surface area contributed by atoms with E-state index in [9.17, 15) is 9.50 Å². The van der Waals surface area contributed by atoms with Gasteiger partial charge < -0.3 is 14.3 Å². The van der Waals surface area contributed by atoms with Crippen LogP contribution in [0, 0.1) is 5.82 Å². The Morgan fingerprint density at radius 2 is 2.26 bits per heavy atom. The van der Waals surface area contributed by atoms with Crippen molar-refractivity contribution >= 4 is 0 Å². The second-order valence-corrected chi connectivity index (χ2v) is 5.97. The normalized spacial score (nSPS) is 19.9. The Bertz CT molecular complexity index is 629. The minimum atomic E-state index is -0.620. The third kappa shape index (κ3) is 3.57. The van der Waals surface area contributed by atoms with Gasteiger partial charge in [-0.2, -0.15) is 0 Å². The highest BCUT2D eigenvalue weighted by Gasteiger charge is 2.28. The zero-order valence-corrected chi connectivity index (χ0v) is 13.2. The quantitative estimate of drug-likeness (QED) is 0.885. The summed E-state index contributed by atoms with van der Waals surface area (Å²) in [6.07, 6.45) is 3.60. The molecule has 124 valence electrons. The molecule has 1 aromatic carbocycles. The van der Waals surface area contributed by atoms with Gasteiger partial charge in [-0.05, 0) is 44.0 Å². The molecule has 5 heteroatoms. The maximum Gasteiger partial charge on any atom is 0.169 e. The summed E-state index contributed by atoms with van der Waals surface area (Å²) in [7, 11) is 1.47. The first-order valence-electron chi connectivity index (χ1n) is 7.96. The van der Waals surface area contributed by atoms with Gasteiger partial charge in [0.05, 0.1) is 13.4 Å². The van der Waals surface area contributed by atoms with Gasteiger partial charge in [0.2, 0.25) is 0 Å². The molecule has 2 aromatic rings. The van der Waals surface area contributed by atoms with Gasteiger partial charge in [-0.25, -0.2) is 4.39 Å². The molecule has 23 heavy (non-hydrogen) atoms. The molecule has 1 N–H and O–H groups in total. The van der Waals surface area contributed by atoms with Crippen LogP contribution < -0.4 is 4.74 Å². The molecule has 0 radical (unpaired) electrons. The maximum absolute atomic E-state index is 14.3. The molecule has 2 unspecified atom stereocenters. The van der Waals surface area contributed by atoms with Crippen molar-refractivity contribution < 1.29 is 18.7 Å². The minimum absolute atomic E-state index is 0.223. The highest BCUT2D eigenvalue weighted by Crippen LogP contribution is 2.30. The van der Waals surface area contributed by atoms with Crippen molar-refractivity contribution in [2.24, 2.45) is 0 Å². The summed E-state index contributed by atoms with van der Waals surface area (Å²) >= 11 is 0. The van der Waals surface area contributed by atoms with Crippen molar-refractivity contribution in [2.45, 2.75) is 38.0 Å². The van der Waals surface area contributed by atoms with Crippen LogP contribution >= 0.6 is 0 Å². The molecule has 0 saturated carbocycles. The number of rotatable bonds is 6. The topological polar surface area (TPSA) is 45.8 Å². The number of furan rings is 1. The average Bonchev–Trinajstić information content (AvgIpc) is 3.22. The Balaban J connectivity index is 1.67. The number of likely N-dealkylation sites (tertiary alicyclic amines) is 1. The van der Waals surface area contributed by atoms with Gasteiger partial charge in [-0.3, -0.25) is 4.90 Å². The van der Waals surface area contributed by atoms with Crippen LogP contribution in [0.25, 0.3) is 0 Å². The summed E-state index contributed by atoms with van der Waals surface area (Å²) in [5, 5.41) is 10.3. The fourth-order valence-corrected chi connectivity index (χ4v) is 3.28. The van der Waals surface area contributed by atoms with E-state index in [4.69, 9.17) is 9.15 Å². The maximum atomic E-state index is 14.3. The Labute approximate surface area is 135 Å². The van der Waals surface area contributed by atoms with Crippen LogP contribution in [-0.4, -0.2) is 29.7 Å². The van der Waals surface area contributed by atoms with Gasteiger partial charge in [0.15, 0.2) is 11.6 Å². The second-order valence-electron chi connectivity index (χ2n) is 5.97. The molecule has 4 nitrogen and oxygen atoms in total. The molecular weight excluding hydrogens is 297 g/mol. The number of nitrogens with zero attached hydrogens (tertiary/aromatic N) is 1. The first kappa shape index (κ1) is 16.0. The molecule has 2 heterocycles. The molecule has 0 spiro atoms. The number of aliphatic hydroxyl groups is 1. The number of aliphatic hydroxyl groups excluding tert-OH is 1. The Hall–Kier alpha value is -1.85. The van der Waals surface area contributed by atoms with E-state index in [1.54, 1.807) is 36.6 Å². The molecule has 1 fully saturated rings. The van der Waals surface area contributed by atoms with Crippen molar-refractivity contribution in [3.8, 4) is 5.75 Å². The summed E-state index contributed by atoms with van der Waals surface area (Å²) in [5.41, 5.74) is 0.628. The van der Waals surface area contributed by atoms with E-state index in [1.165, 1.54) is 7.11 Å². The highest BCUT2D eigenvalue weighted by molar-refractivity contribution is 5.31. The summed E-state index contributed by atoms with van der Waals surface area (Å²) < 4.78 is 24.6. The molecular formula is C18H22FNO3. The van der Waals surface area contributed by atoms with Gasteiger partial charge >= 0.3 is 0 Å². The van der Waals surface area contributed by atoms with Crippen molar-refractivity contribution in [3.05, 3.63) is 53.7 Å².